The summed E-state index contributed by atoms with van der Waals surface area (Å²) < 4.78 is 3.68. The van der Waals surface area contributed by atoms with Crippen molar-refractivity contribution in [3.05, 3.63) is 42.2 Å². The monoisotopic (exact) mass is 454 g/mol. The molecular formula is C22H27ClN8O. The van der Waals surface area contributed by atoms with E-state index in [0.29, 0.717) is 28.0 Å². The molecule has 168 valence electrons. The number of rotatable bonds is 5. The van der Waals surface area contributed by atoms with Crippen LogP contribution in [0.3, 0.4) is 0 Å². The van der Waals surface area contributed by atoms with Gasteiger partial charge in [0, 0.05) is 24.3 Å². The van der Waals surface area contributed by atoms with Crippen LogP contribution in [0.1, 0.15) is 45.6 Å². The number of nitrogens with zero attached hydrogens (tertiary/aromatic N) is 7. The minimum absolute atomic E-state index is 0.0815. The highest BCUT2D eigenvalue weighted by atomic mass is 35.5. The highest BCUT2D eigenvalue weighted by Gasteiger charge is 2.61. The van der Waals surface area contributed by atoms with Crippen molar-refractivity contribution in [1.29, 1.82) is 0 Å². The summed E-state index contributed by atoms with van der Waals surface area (Å²) in [6, 6.07) is 5.71. The van der Waals surface area contributed by atoms with Gasteiger partial charge >= 0.3 is 6.03 Å². The summed E-state index contributed by atoms with van der Waals surface area (Å²) in [5.41, 5.74) is 1.13. The molecule has 3 aromatic rings. The van der Waals surface area contributed by atoms with Gasteiger partial charge in [0.2, 0.25) is 0 Å². The van der Waals surface area contributed by atoms with Crippen LogP contribution in [0.5, 0.6) is 0 Å². The van der Waals surface area contributed by atoms with Crippen LogP contribution in [0.2, 0.25) is 5.02 Å². The van der Waals surface area contributed by atoms with E-state index in [1.54, 1.807) is 36.8 Å². The topological polar surface area (TPSA) is 93.8 Å². The third-order valence-corrected chi connectivity index (χ3v) is 7.22. The molecule has 2 fully saturated rings. The number of urea groups is 1. The van der Waals surface area contributed by atoms with E-state index in [4.69, 9.17) is 11.6 Å². The molecule has 9 nitrogen and oxygen atoms in total. The number of carbonyl (C=O) groups is 1. The normalized spacial score (nSPS) is 25.3. The molecule has 1 N–H and O–H groups in total. The largest absolute Gasteiger partial charge is 0.322 e. The summed E-state index contributed by atoms with van der Waals surface area (Å²) in [7, 11) is 1.80. The molecule has 2 bridgehead atoms. The molecular weight excluding hydrogens is 428 g/mol. The van der Waals surface area contributed by atoms with Crippen LogP contribution in [-0.4, -0.2) is 52.0 Å². The Morgan fingerprint density at radius 2 is 2.06 bits per heavy atom. The zero-order chi connectivity index (χ0) is 22.5. The van der Waals surface area contributed by atoms with E-state index in [0.717, 1.165) is 25.7 Å². The molecule has 1 aromatic carbocycles. The molecule has 1 aliphatic carbocycles. The summed E-state index contributed by atoms with van der Waals surface area (Å²) >= 11 is 6.38. The lowest BCUT2D eigenvalue weighted by Crippen LogP contribution is -2.74. The maximum atomic E-state index is 13.6. The maximum Gasteiger partial charge on any atom is 0.322 e. The smallest absolute Gasteiger partial charge is 0.315 e. The van der Waals surface area contributed by atoms with Crippen molar-refractivity contribution in [2.75, 3.05) is 5.32 Å². The fraction of sp³-hybridized carbons (Fsp3) is 0.500. The molecule has 32 heavy (non-hydrogen) atoms. The van der Waals surface area contributed by atoms with Gasteiger partial charge in [-0.25, -0.2) is 9.78 Å². The van der Waals surface area contributed by atoms with Gasteiger partial charge in [0.1, 0.15) is 19.0 Å². The van der Waals surface area contributed by atoms with Gasteiger partial charge in [0.15, 0.2) is 5.82 Å². The van der Waals surface area contributed by atoms with E-state index in [1.165, 1.54) is 0 Å². The first-order valence-corrected chi connectivity index (χ1v) is 11.4. The predicted molar refractivity (Wildman–Crippen MR) is 121 cm³/mol. The highest BCUT2D eigenvalue weighted by molar-refractivity contribution is 6.33. The van der Waals surface area contributed by atoms with Crippen LogP contribution in [0.4, 0.5) is 10.5 Å². The Bertz CT molecular complexity index is 1130. The lowest BCUT2D eigenvalue weighted by molar-refractivity contribution is -0.120. The molecule has 5 rings (SSSR count). The molecule has 1 saturated carbocycles. The Balaban J connectivity index is 1.43. The van der Waals surface area contributed by atoms with Crippen LogP contribution < -0.4 is 5.32 Å². The third-order valence-electron chi connectivity index (χ3n) is 6.89. The second kappa shape index (κ2) is 7.88. The molecule has 0 unspecified atom stereocenters. The fourth-order valence-corrected chi connectivity index (χ4v) is 6.03. The van der Waals surface area contributed by atoms with Gasteiger partial charge in [-0.05, 0) is 49.8 Å². The van der Waals surface area contributed by atoms with Crippen LogP contribution >= 0.6 is 11.6 Å². The number of carbonyl (C=O) groups excluding carboxylic acids is 1. The van der Waals surface area contributed by atoms with Gasteiger partial charge in [-0.3, -0.25) is 4.68 Å². The van der Waals surface area contributed by atoms with Gasteiger partial charge in [-0.15, -0.1) is 10.2 Å². The molecule has 2 aromatic heterocycles. The maximum absolute atomic E-state index is 13.6. The van der Waals surface area contributed by atoms with Crippen molar-refractivity contribution in [3.63, 3.8) is 0 Å². The zero-order valence-corrected chi connectivity index (χ0v) is 19.2. The van der Waals surface area contributed by atoms with Gasteiger partial charge in [0.25, 0.3) is 0 Å². The number of aryl methyl sites for hydroxylation is 1. The molecule has 10 heteroatoms. The zero-order valence-electron chi connectivity index (χ0n) is 18.4. The van der Waals surface area contributed by atoms with Crippen molar-refractivity contribution in [3.8, 4) is 11.4 Å². The van der Waals surface area contributed by atoms with Gasteiger partial charge in [-0.2, -0.15) is 5.10 Å². The molecule has 1 aliphatic heterocycles. The average molecular weight is 455 g/mol. The number of likely N-dealkylation sites (tertiary alicyclic amines) is 1. The number of fused-ring (bicyclic) bond motifs is 2. The summed E-state index contributed by atoms with van der Waals surface area (Å²) in [6.45, 7) is 4.44. The summed E-state index contributed by atoms with van der Waals surface area (Å²) in [6.07, 6.45) is 9.05. The van der Waals surface area contributed by atoms with E-state index in [-0.39, 0.29) is 23.7 Å². The van der Waals surface area contributed by atoms with Crippen molar-refractivity contribution >= 4 is 23.3 Å². The molecule has 1 saturated heterocycles. The molecule has 3 heterocycles. The average Bonchev–Trinajstić information content (AvgIpc) is 3.41. The van der Waals surface area contributed by atoms with E-state index in [9.17, 15) is 4.79 Å². The van der Waals surface area contributed by atoms with E-state index in [2.05, 4.69) is 48.9 Å². The quantitative estimate of drug-likeness (QED) is 0.624. The number of amides is 2. The molecule has 0 spiro atoms. The van der Waals surface area contributed by atoms with Crippen molar-refractivity contribution in [2.45, 2.75) is 57.2 Å². The van der Waals surface area contributed by atoms with Gasteiger partial charge in [0.05, 0.1) is 16.6 Å². The summed E-state index contributed by atoms with van der Waals surface area (Å²) in [5.74, 6) is 1.10. The van der Waals surface area contributed by atoms with E-state index in [1.807, 2.05) is 12.1 Å². The fourth-order valence-electron chi connectivity index (χ4n) is 5.83. The minimum atomic E-state index is -0.235. The number of aromatic nitrogens is 6. The summed E-state index contributed by atoms with van der Waals surface area (Å²) in [4.78, 5) is 19.9. The Hall–Kier alpha value is -2.94. The summed E-state index contributed by atoms with van der Waals surface area (Å²) in [5, 5.41) is 16.0. The first-order valence-electron chi connectivity index (χ1n) is 11.0. The number of piperidine rings is 1. The number of hydrogen-bond donors (Lipinski definition) is 1. The van der Waals surface area contributed by atoms with Crippen molar-refractivity contribution in [2.24, 2.45) is 13.0 Å². The number of hydrogen-bond acceptors (Lipinski definition) is 5. The first kappa shape index (κ1) is 20.9. The van der Waals surface area contributed by atoms with Gasteiger partial charge in [-0.1, -0.05) is 25.4 Å². The SMILES string of the molecule is CC[C@H](n1cnnc1)[C@]12C[C@H](C)C[C@H](C1)N2C(=O)Nc1ccc(Cl)c(-c2ncn(C)n2)c1. The van der Waals surface area contributed by atoms with Crippen LogP contribution in [-0.2, 0) is 7.05 Å². The van der Waals surface area contributed by atoms with Crippen LogP contribution in [0.25, 0.3) is 11.4 Å². The molecule has 0 radical (unpaired) electrons. The predicted octanol–water partition coefficient (Wildman–Crippen LogP) is 4.15. The van der Waals surface area contributed by atoms with Crippen molar-refractivity contribution in [1.82, 2.24) is 34.4 Å². The van der Waals surface area contributed by atoms with Crippen LogP contribution in [0.15, 0.2) is 37.2 Å². The number of halogens is 1. The number of benzene rings is 1. The Morgan fingerprint density at radius 3 is 2.75 bits per heavy atom. The lowest BCUT2D eigenvalue weighted by Gasteiger charge is -2.66. The first-order chi connectivity index (χ1) is 15.4. The standard InChI is InChI=1S/C22H27ClN8O/c1-4-19(30-12-25-26-13-30)22-9-14(2)7-16(10-22)31(22)21(32)27-15-5-6-18(23)17(8-15)20-24-11-29(3)28-20/h5-6,8,11-14,16,19H,4,7,9-10H2,1-3H3,(H,27,32)/t14-,16-,19+,22+/m1/s1. The molecule has 4 atom stereocenters. The van der Waals surface area contributed by atoms with Gasteiger partial charge < -0.3 is 14.8 Å². The van der Waals surface area contributed by atoms with E-state index >= 15 is 0 Å². The Labute approximate surface area is 191 Å². The van der Waals surface area contributed by atoms with Crippen molar-refractivity contribution < 1.29 is 4.79 Å². The van der Waals surface area contributed by atoms with E-state index < -0.39 is 0 Å². The Kier molecular flexibility index (Phi) is 5.16. The molecule has 2 aliphatic rings. The Morgan fingerprint density at radius 1 is 1.28 bits per heavy atom. The minimum Gasteiger partial charge on any atom is -0.315 e. The number of nitrogens with one attached hydrogen (secondary N) is 1. The second-order valence-electron chi connectivity index (χ2n) is 9.08. The number of anilines is 1. The third kappa shape index (κ3) is 3.35. The van der Waals surface area contributed by atoms with Crippen LogP contribution in [0, 0.1) is 5.92 Å². The lowest BCUT2D eigenvalue weighted by atomic mass is 9.60. The second-order valence-corrected chi connectivity index (χ2v) is 9.48. The molecule has 2 amide bonds. The highest BCUT2D eigenvalue weighted by Crippen LogP contribution is 2.56.